The number of H-pyrrole nitrogens is 1. The minimum atomic E-state index is -0.667. The predicted octanol–water partition coefficient (Wildman–Crippen LogP) is 8.00. The van der Waals surface area contributed by atoms with Crippen LogP contribution in [-0.4, -0.2) is 104 Å². The molecule has 3 saturated heterocycles. The maximum absolute atomic E-state index is 15.2. The van der Waals surface area contributed by atoms with Crippen LogP contribution in [0, 0.1) is 18.6 Å². The fraction of sp³-hybridized carbons (Fsp3) is 0.385. The minimum Gasteiger partial charge on any atom is -0.375 e. The lowest BCUT2D eigenvalue weighted by Gasteiger charge is -2.37. The van der Waals surface area contributed by atoms with Crippen molar-refractivity contribution in [2.24, 2.45) is 0 Å². The van der Waals surface area contributed by atoms with E-state index in [4.69, 9.17) is 4.74 Å². The lowest BCUT2D eigenvalue weighted by atomic mass is 9.99. The molecule has 68 heavy (non-hydrogen) atoms. The van der Waals surface area contributed by atoms with E-state index in [0.717, 1.165) is 81.8 Å². The van der Waals surface area contributed by atoms with E-state index in [1.807, 2.05) is 26.0 Å². The number of urea groups is 1. The fourth-order valence-corrected chi connectivity index (χ4v) is 9.51. The van der Waals surface area contributed by atoms with Gasteiger partial charge in [0.25, 0.3) is 11.5 Å². The topological polar surface area (TPSA) is 158 Å². The highest BCUT2D eigenvalue weighted by molar-refractivity contribution is 6.06. The molecule has 3 aromatic carbocycles. The number of benzene rings is 3. The number of nitrogens with zero attached hydrogens (tertiary/aromatic N) is 6. The first-order chi connectivity index (χ1) is 32.8. The van der Waals surface area contributed by atoms with Crippen LogP contribution in [0.25, 0.3) is 33.5 Å². The third-order valence-corrected chi connectivity index (χ3v) is 13.6. The SMILES string of the molecule is Cc1c(NC(=O)c2ccc(C(C)C)cc2F)cc(F)cc1-c1ncnc2[nH]c(-c3ccc(CN4CCC(OC5CCN(CCn6cccc(CN7CCC(=O)NC7=O)c6=O)CC5)CC4)cc3)cc12. The second kappa shape index (κ2) is 20.3. The number of hydrogen-bond acceptors (Lipinski definition) is 9. The molecule has 6 heterocycles. The first-order valence-corrected chi connectivity index (χ1v) is 23.6. The Labute approximate surface area is 393 Å². The van der Waals surface area contributed by atoms with Gasteiger partial charge in [-0.1, -0.05) is 50.2 Å². The number of anilines is 1. The van der Waals surface area contributed by atoms with Gasteiger partial charge in [0, 0.05) is 92.9 Å². The molecule has 3 N–H and O–H groups in total. The van der Waals surface area contributed by atoms with Gasteiger partial charge in [0.2, 0.25) is 5.91 Å². The fourth-order valence-electron chi connectivity index (χ4n) is 9.51. The molecule has 6 aromatic rings. The first kappa shape index (κ1) is 46.5. The van der Waals surface area contributed by atoms with Crippen LogP contribution >= 0.6 is 0 Å². The number of aromatic amines is 1. The molecule has 0 spiro atoms. The van der Waals surface area contributed by atoms with Gasteiger partial charge in [-0.25, -0.2) is 23.5 Å². The zero-order valence-corrected chi connectivity index (χ0v) is 38.7. The summed E-state index contributed by atoms with van der Waals surface area (Å²) in [5, 5.41) is 5.73. The van der Waals surface area contributed by atoms with Gasteiger partial charge in [0.05, 0.1) is 30.0 Å². The summed E-state index contributed by atoms with van der Waals surface area (Å²) in [6.07, 6.45) is 7.79. The van der Waals surface area contributed by atoms with Crippen LogP contribution in [0.2, 0.25) is 0 Å². The number of aromatic nitrogens is 4. The molecular weight excluding hydrogens is 869 g/mol. The largest absolute Gasteiger partial charge is 0.375 e. The van der Waals surface area contributed by atoms with Crippen molar-refractivity contribution in [1.29, 1.82) is 0 Å². The number of fused-ring (bicyclic) bond motifs is 1. The van der Waals surface area contributed by atoms with E-state index in [0.29, 0.717) is 46.5 Å². The first-order valence-electron chi connectivity index (χ1n) is 23.6. The molecule has 0 radical (unpaired) electrons. The van der Waals surface area contributed by atoms with E-state index in [9.17, 15) is 23.6 Å². The second-order valence-electron chi connectivity index (χ2n) is 18.5. The van der Waals surface area contributed by atoms with Crippen molar-refractivity contribution in [3.63, 3.8) is 0 Å². The molecule has 3 fully saturated rings. The summed E-state index contributed by atoms with van der Waals surface area (Å²) < 4.78 is 38.5. The number of imide groups is 1. The van der Waals surface area contributed by atoms with Gasteiger partial charge in [-0.05, 0) is 97.2 Å². The van der Waals surface area contributed by atoms with Crippen LogP contribution in [0.3, 0.4) is 0 Å². The molecule has 354 valence electrons. The average molecular weight is 926 g/mol. The number of rotatable bonds is 14. The van der Waals surface area contributed by atoms with E-state index >= 15 is 4.39 Å². The van der Waals surface area contributed by atoms with Gasteiger partial charge in [0.15, 0.2) is 0 Å². The Bertz CT molecular complexity index is 2880. The van der Waals surface area contributed by atoms with Crippen molar-refractivity contribution in [3.05, 3.63) is 135 Å². The number of hydrogen-bond donors (Lipinski definition) is 3. The van der Waals surface area contributed by atoms with E-state index < -0.39 is 23.6 Å². The molecule has 14 nitrogen and oxygen atoms in total. The molecule has 0 saturated carbocycles. The molecule has 3 aliphatic heterocycles. The summed E-state index contributed by atoms with van der Waals surface area (Å²) >= 11 is 0. The highest BCUT2D eigenvalue weighted by atomic mass is 19.1. The second-order valence-corrected chi connectivity index (χ2v) is 18.5. The summed E-state index contributed by atoms with van der Waals surface area (Å²) in [4.78, 5) is 68.9. The lowest BCUT2D eigenvalue weighted by molar-refractivity contribution is -0.121. The third kappa shape index (κ3) is 10.6. The summed E-state index contributed by atoms with van der Waals surface area (Å²) in [6, 6.07) is 20.7. The van der Waals surface area contributed by atoms with E-state index in [2.05, 4.69) is 59.7 Å². The molecule has 0 aliphatic carbocycles. The highest BCUT2D eigenvalue weighted by Gasteiger charge is 2.27. The highest BCUT2D eigenvalue weighted by Crippen LogP contribution is 2.35. The standard InChI is InChI=1S/C52H57F2N9O5/c1-32(2)36-10-11-41(44(54)25-36)50(65)58-45-27-38(53)26-42(33(45)3)48-43-28-46(57-49(43)56-31-55-48)35-8-6-34(7-9-35)29-61-20-14-40(15-21-61)68-39-12-18-60(19-13-39)23-24-62-17-4-5-37(51(62)66)30-63-22-16-47(64)59-52(63)67/h4-11,17,25-28,31-32,39-40H,12-16,18-24,29-30H2,1-3H3,(H,58,65)(H,55,56,57)(H,59,64,67). The quantitative estimate of drug-likeness (QED) is 0.0985. The van der Waals surface area contributed by atoms with Gasteiger partial charge < -0.3 is 29.4 Å². The van der Waals surface area contributed by atoms with Crippen molar-refractivity contribution < 1.29 is 27.9 Å². The number of amides is 4. The Kier molecular flexibility index (Phi) is 13.9. The van der Waals surface area contributed by atoms with Crippen molar-refractivity contribution >= 4 is 34.6 Å². The normalized spacial score (nSPS) is 16.8. The van der Waals surface area contributed by atoms with E-state index in [-0.39, 0.29) is 53.8 Å². The minimum absolute atomic E-state index is 0.103. The predicted molar refractivity (Wildman–Crippen MR) is 256 cm³/mol. The molecular formula is C52H57F2N9O5. The smallest absolute Gasteiger partial charge is 0.324 e. The van der Waals surface area contributed by atoms with Crippen LogP contribution in [0.5, 0.6) is 0 Å². The van der Waals surface area contributed by atoms with Crippen molar-refractivity contribution in [2.45, 2.75) is 90.6 Å². The van der Waals surface area contributed by atoms with Gasteiger partial charge in [-0.3, -0.25) is 24.6 Å². The van der Waals surface area contributed by atoms with Gasteiger partial charge in [-0.2, -0.15) is 0 Å². The number of pyridine rings is 1. The van der Waals surface area contributed by atoms with Gasteiger partial charge in [0.1, 0.15) is 23.6 Å². The Balaban J connectivity index is 0.747. The number of nitrogens with one attached hydrogen (secondary N) is 3. The maximum atomic E-state index is 15.2. The van der Waals surface area contributed by atoms with Crippen LogP contribution < -0.4 is 16.2 Å². The van der Waals surface area contributed by atoms with Gasteiger partial charge >= 0.3 is 6.03 Å². The molecule has 9 rings (SSSR count). The summed E-state index contributed by atoms with van der Waals surface area (Å²) in [5.74, 6) is -2.06. The van der Waals surface area contributed by atoms with Crippen molar-refractivity contribution in [1.82, 2.24) is 39.5 Å². The number of carbonyl (C=O) groups is 3. The van der Waals surface area contributed by atoms with Gasteiger partial charge in [-0.15, -0.1) is 0 Å². The zero-order valence-electron chi connectivity index (χ0n) is 38.7. The Morgan fingerprint density at radius 3 is 2.29 bits per heavy atom. The zero-order chi connectivity index (χ0) is 47.5. The number of ether oxygens (including phenoxy) is 1. The summed E-state index contributed by atoms with van der Waals surface area (Å²) in [7, 11) is 0. The molecule has 0 unspecified atom stereocenters. The van der Waals surface area contributed by atoms with Crippen molar-refractivity contribution in [3.8, 4) is 22.5 Å². The third-order valence-electron chi connectivity index (χ3n) is 13.6. The number of piperidine rings is 2. The van der Waals surface area contributed by atoms with Crippen LogP contribution in [0.15, 0.2) is 90.1 Å². The molecule has 3 aliphatic rings. The molecule has 16 heteroatoms. The summed E-state index contributed by atoms with van der Waals surface area (Å²) in [5.41, 5.74) is 6.48. The molecule has 0 atom stereocenters. The lowest BCUT2D eigenvalue weighted by Crippen LogP contribution is -2.49. The monoisotopic (exact) mass is 925 g/mol. The number of carbonyl (C=O) groups excluding carboxylic acids is 3. The number of halogens is 2. The van der Waals surface area contributed by atoms with Crippen LogP contribution in [0.4, 0.5) is 19.3 Å². The van der Waals surface area contributed by atoms with Crippen molar-refractivity contribution in [2.75, 3.05) is 44.6 Å². The Hall–Kier alpha value is -6.62. The summed E-state index contributed by atoms with van der Waals surface area (Å²) in [6.45, 7) is 12.0. The maximum Gasteiger partial charge on any atom is 0.324 e. The average Bonchev–Trinajstić information content (AvgIpc) is 3.77. The number of likely N-dealkylation sites (tertiary alicyclic amines) is 2. The molecule has 3 aromatic heterocycles. The Morgan fingerprint density at radius 1 is 0.853 bits per heavy atom. The molecule has 4 amide bonds. The Morgan fingerprint density at radius 2 is 1.59 bits per heavy atom. The molecule has 0 bridgehead atoms. The van der Waals surface area contributed by atoms with E-state index in [1.54, 1.807) is 29.8 Å². The van der Waals surface area contributed by atoms with Crippen LogP contribution in [0.1, 0.15) is 84.5 Å². The van der Waals surface area contributed by atoms with Crippen LogP contribution in [-0.2, 0) is 29.2 Å². The van der Waals surface area contributed by atoms with E-state index in [1.165, 1.54) is 41.1 Å².